The van der Waals surface area contributed by atoms with Crippen LogP contribution in [0, 0.1) is 6.92 Å². The Morgan fingerprint density at radius 1 is 1.58 bits per heavy atom. The van der Waals surface area contributed by atoms with Gasteiger partial charge in [0.2, 0.25) is 0 Å². The normalized spacial score (nSPS) is 16.0. The van der Waals surface area contributed by atoms with Gasteiger partial charge in [0.1, 0.15) is 5.60 Å². The van der Waals surface area contributed by atoms with Gasteiger partial charge in [0.25, 0.3) is 0 Å². The fourth-order valence-electron chi connectivity index (χ4n) is 1.27. The van der Waals surface area contributed by atoms with Crippen molar-refractivity contribution in [1.82, 2.24) is 0 Å². The maximum atomic E-state index is 9.87. The van der Waals surface area contributed by atoms with Crippen molar-refractivity contribution in [2.45, 2.75) is 19.4 Å². The predicted molar refractivity (Wildman–Crippen MR) is 44.9 cm³/mol. The van der Waals surface area contributed by atoms with E-state index in [4.69, 9.17) is 9.15 Å². The molecule has 1 unspecified atom stereocenters. The minimum absolute atomic E-state index is 0.271. The minimum atomic E-state index is -0.953. The van der Waals surface area contributed by atoms with Crippen molar-refractivity contribution < 1.29 is 14.3 Å². The summed E-state index contributed by atoms with van der Waals surface area (Å²) in [6.07, 6.45) is 3.16. The number of methoxy groups -OCH3 is 1. The lowest BCUT2D eigenvalue weighted by atomic mass is 9.97. The molecule has 0 bridgehead atoms. The van der Waals surface area contributed by atoms with Crippen molar-refractivity contribution in [3.63, 3.8) is 0 Å². The molecule has 12 heavy (non-hydrogen) atoms. The third-order valence-corrected chi connectivity index (χ3v) is 1.86. The summed E-state index contributed by atoms with van der Waals surface area (Å²) in [6, 6.07) is 0. The van der Waals surface area contributed by atoms with Crippen LogP contribution in [-0.4, -0.2) is 18.8 Å². The van der Waals surface area contributed by atoms with E-state index in [9.17, 15) is 5.11 Å². The van der Waals surface area contributed by atoms with Gasteiger partial charge >= 0.3 is 0 Å². The van der Waals surface area contributed by atoms with Crippen LogP contribution >= 0.6 is 0 Å². The second-order valence-corrected chi connectivity index (χ2v) is 3.18. The lowest BCUT2D eigenvalue weighted by Crippen LogP contribution is -2.27. The summed E-state index contributed by atoms with van der Waals surface area (Å²) in [5.41, 5.74) is 0.771. The molecule has 1 heterocycles. The molecule has 1 aromatic heterocycles. The van der Waals surface area contributed by atoms with Gasteiger partial charge in [-0.05, 0) is 19.4 Å². The monoisotopic (exact) mass is 170 g/mol. The topological polar surface area (TPSA) is 42.6 Å². The molecule has 0 aliphatic heterocycles. The van der Waals surface area contributed by atoms with E-state index in [0.717, 1.165) is 11.1 Å². The highest BCUT2D eigenvalue weighted by Gasteiger charge is 2.26. The number of furan rings is 1. The number of rotatable bonds is 3. The predicted octanol–water partition coefficient (Wildman–Crippen LogP) is 1.44. The third-order valence-electron chi connectivity index (χ3n) is 1.86. The average molecular weight is 170 g/mol. The molecule has 68 valence electrons. The van der Waals surface area contributed by atoms with Gasteiger partial charge in [-0.25, -0.2) is 0 Å². The van der Waals surface area contributed by atoms with E-state index in [2.05, 4.69) is 0 Å². The first-order valence-electron chi connectivity index (χ1n) is 3.82. The molecule has 0 aromatic carbocycles. The summed E-state index contributed by atoms with van der Waals surface area (Å²) in [4.78, 5) is 0. The van der Waals surface area contributed by atoms with Crippen LogP contribution in [0.1, 0.15) is 18.1 Å². The molecule has 0 spiro atoms. The van der Waals surface area contributed by atoms with E-state index in [1.54, 1.807) is 26.6 Å². The fourth-order valence-corrected chi connectivity index (χ4v) is 1.27. The zero-order chi connectivity index (χ0) is 9.19. The summed E-state index contributed by atoms with van der Waals surface area (Å²) < 4.78 is 9.86. The van der Waals surface area contributed by atoms with Gasteiger partial charge in [0.15, 0.2) is 0 Å². The largest absolute Gasteiger partial charge is 0.472 e. The fraction of sp³-hybridized carbons (Fsp3) is 0.556. The van der Waals surface area contributed by atoms with Crippen LogP contribution in [0.2, 0.25) is 0 Å². The lowest BCUT2D eigenvalue weighted by Gasteiger charge is -2.21. The summed E-state index contributed by atoms with van der Waals surface area (Å²) in [6.45, 7) is 3.87. The van der Waals surface area contributed by atoms with Crippen LogP contribution in [0.3, 0.4) is 0 Å². The Morgan fingerprint density at radius 3 is 2.67 bits per heavy atom. The van der Waals surface area contributed by atoms with Crippen molar-refractivity contribution in [1.29, 1.82) is 0 Å². The molecule has 1 aromatic rings. The van der Waals surface area contributed by atoms with Gasteiger partial charge in [-0.3, -0.25) is 0 Å². The van der Waals surface area contributed by atoms with Gasteiger partial charge in [-0.15, -0.1) is 0 Å². The molecule has 1 rings (SSSR count). The SMILES string of the molecule is COCC(C)(O)c1cocc1C. The number of aryl methyl sites for hydroxylation is 1. The van der Waals surface area contributed by atoms with Gasteiger partial charge in [-0.1, -0.05) is 0 Å². The molecule has 3 nitrogen and oxygen atoms in total. The van der Waals surface area contributed by atoms with Crippen LogP contribution in [0.15, 0.2) is 16.9 Å². The molecule has 0 aliphatic carbocycles. The Morgan fingerprint density at radius 2 is 2.25 bits per heavy atom. The maximum Gasteiger partial charge on any atom is 0.113 e. The van der Waals surface area contributed by atoms with E-state index in [0.29, 0.717) is 0 Å². The molecule has 0 radical (unpaired) electrons. The molecular weight excluding hydrogens is 156 g/mol. The minimum Gasteiger partial charge on any atom is -0.472 e. The van der Waals surface area contributed by atoms with Crippen LogP contribution in [0.5, 0.6) is 0 Å². The Bertz CT molecular complexity index is 250. The molecule has 1 N–H and O–H groups in total. The third kappa shape index (κ3) is 1.68. The number of hydrogen-bond acceptors (Lipinski definition) is 3. The van der Waals surface area contributed by atoms with Gasteiger partial charge in [-0.2, -0.15) is 0 Å². The first-order valence-corrected chi connectivity index (χ1v) is 3.82. The molecule has 1 atom stereocenters. The van der Waals surface area contributed by atoms with E-state index < -0.39 is 5.60 Å². The number of hydrogen-bond donors (Lipinski definition) is 1. The van der Waals surface area contributed by atoms with Crippen molar-refractivity contribution in [2.24, 2.45) is 0 Å². The molecule has 0 saturated heterocycles. The van der Waals surface area contributed by atoms with E-state index in [1.807, 2.05) is 6.92 Å². The summed E-state index contributed by atoms with van der Waals surface area (Å²) in [5.74, 6) is 0. The summed E-state index contributed by atoms with van der Waals surface area (Å²) in [7, 11) is 1.56. The van der Waals surface area contributed by atoms with E-state index >= 15 is 0 Å². The van der Waals surface area contributed by atoms with E-state index in [1.165, 1.54) is 0 Å². The molecule has 0 saturated carbocycles. The van der Waals surface area contributed by atoms with Crippen LogP contribution in [0.25, 0.3) is 0 Å². The maximum absolute atomic E-state index is 9.87. The highest BCUT2D eigenvalue weighted by atomic mass is 16.5. The second kappa shape index (κ2) is 3.29. The van der Waals surface area contributed by atoms with Crippen LogP contribution < -0.4 is 0 Å². The Labute approximate surface area is 72.0 Å². The van der Waals surface area contributed by atoms with Crippen molar-refractivity contribution in [2.75, 3.05) is 13.7 Å². The van der Waals surface area contributed by atoms with Crippen molar-refractivity contribution in [3.8, 4) is 0 Å². The number of ether oxygens (including phenoxy) is 1. The average Bonchev–Trinajstić information content (AvgIpc) is 2.35. The first kappa shape index (κ1) is 9.29. The Kier molecular flexibility index (Phi) is 2.55. The van der Waals surface area contributed by atoms with Gasteiger partial charge < -0.3 is 14.3 Å². The highest BCUT2D eigenvalue weighted by molar-refractivity contribution is 5.25. The highest BCUT2D eigenvalue weighted by Crippen LogP contribution is 2.24. The molecule has 3 heteroatoms. The quantitative estimate of drug-likeness (QED) is 0.746. The molecular formula is C9H14O3. The molecule has 0 amide bonds. The van der Waals surface area contributed by atoms with Crippen molar-refractivity contribution in [3.05, 3.63) is 23.7 Å². The smallest absolute Gasteiger partial charge is 0.113 e. The lowest BCUT2D eigenvalue weighted by molar-refractivity contribution is -0.0215. The van der Waals surface area contributed by atoms with Crippen molar-refractivity contribution >= 4 is 0 Å². The zero-order valence-corrected chi connectivity index (χ0v) is 7.63. The molecule has 0 fully saturated rings. The standard InChI is InChI=1S/C9H14O3/c1-7-4-12-5-8(7)9(2,10)6-11-3/h4-5,10H,6H2,1-3H3. The summed E-state index contributed by atoms with van der Waals surface area (Å²) in [5, 5.41) is 9.87. The zero-order valence-electron chi connectivity index (χ0n) is 7.63. The van der Waals surface area contributed by atoms with Gasteiger partial charge in [0.05, 0.1) is 19.1 Å². The molecule has 0 aliphatic rings. The van der Waals surface area contributed by atoms with Crippen LogP contribution in [-0.2, 0) is 10.3 Å². The Balaban J connectivity index is 2.88. The van der Waals surface area contributed by atoms with Crippen LogP contribution in [0.4, 0.5) is 0 Å². The second-order valence-electron chi connectivity index (χ2n) is 3.18. The first-order chi connectivity index (χ1) is 5.58. The van der Waals surface area contributed by atoms with E-state index in [-0.39, 0.29) is 6.61 Å². The Hall–Kier alpha value is -0.800. The number of aliphatic hydroxyl groups is 1. The van der Waals surface area contributed by atoms with Gasteiger partial charge in [0, 0.05) is 12.7 Å². The summed E-state index contributed by atoms with van der Waals surface area (Å²) >= 11 is 0.